The summed E-state index contributed by atoms with van der Waals surface area (Å²) in [5, 5.41) is 13.3. The van der Waals surface area contributed by atoms with E-state index in [1.165, 1.54) is 12.8 Å². The highest BCUT2D eigenvalue weighted by Crippen LogP contribution is 2.24. The third kappa shape index (κ3) is 3.20. The van der Waals surface area contributed by atoms with Crippen LogP contribution in [0, 0.1) is 0 Å². The van der Waals surface area contributed by atoms with Gasteiger partial charge in [-0.1, -0.05) is 18.2 Å². The number of rotatable bonds is 3. The van der Waals surface area contributed by atoms with E-state index in [9.17, 15) is 5.11 Å². The van der Waals surface area contributed by atoms with Crippen LogP contribution >= 0.6 is 0 Å². The number of hydrogen-bond donors (Lipinski definition) is 2. The van der Waals surface area contributed by atoms with Crippen molar-refractivity contribution in [1.29, 1.82) is 0 Å². The van der Waals surface area contributed by atoms with Crippen LogP contribution in [0.4, 0.5) is 5.69 Å². The first-order valence-corrected chi connectivity index (χ1v) is 6.39. The normalized spacial score (nSPS) is 20.2. The minimum absolute atomic E-state index is 0.412. The van der Waals surface area contributed by atoms with Gasteiger partial charge in [0.25, 0.3) is 0 Å². The fraction of sp³-hybridized carbons (Fsp3) is 0.571. The number of aliphatic hydroxyl groups excluding tert-OH is 1. The van der Waals surface area contributed by atoms with Crippen LogP contribution < -0.4 is 5.32 Å². The lowest BCUT2D eigenvalue weighted by atomic mass is 10.0. The molecule has 1 atom stereocenters. The monoisotopic (exact) mass is 234 g/mol. The Kier molecular flexibility index (Phi) is 4.02. The molecule has 1 unspecified atom stereocenters. The summed E-state index contributed by atoms with van der Waals surface area (Å²) in [7, 11) is 2.17. The smallest absolute Gasteiger partial charge is 0.0781 e. The summed E-state index contributed by atoms with van der Waals surface area (Å²) in [6.07, 6.45) is 1.93. The topological polar surface area (TPSA) is 35.5 Å². The molecule has 1 saturated heterocycles. The quantitative estimate of drug-likeness (QED) is 0.842. The first kappa shape index (κ1) is 12.4. The van der Waals surface area contributed by atoms with Gasteiger partial charge in [-0.25, -0.2) is 0 Å². The molecule has 1 aliphatic heterocycles. The summed E-state index contributed by atoms with van der Waals surface area (Å²) in [5.41, 5.74) is 2.07. The summed E-state index contributed by atoms with van der Waals surface area (Å²) < 4.78 is 0. The number of para-hydroxylation sites is 1. The molecule has 1 fully saturated rings. The highest BCUT2D eigenvalue weighted by molar-refractivity contribution is 5.52. The molecule has 2 rings (SSSR count). The Balaban J connectivity index is 2.03. The van der Waals surface area contributed by atoms with E-state index in [4.69, 9.17) is 0 Å². The summed E-state index contributed by atoms with van der Waals surface area (Å²) in [4.78, 5) is 2.36. The summed E-state index contributed by atoms with van der Waals surface area (Å²) in [6, 6.07) is 8.57. The summed E-state index contributed by atoms with van der Waals surface area (Å²) in [5.74, 6) is 0. The molecule has 1 heterocycles. The third-order valence-corrected chi connectivity index (χ3v) is 3.49. The molecule has 3 nitrogen and oxygen atoms in total. The second-order valence-electron chi connectivity index (χ2n) is 4.99. The lowest BCUT2D eigenvalue weighted by Crippen LogP contribution is -2.36. The van der Waals surface area contributed by atoms with E-state index in [-0.39, 0.29) is 0 Å². The molecule has 1 aromatic carbocycles. The molecule has 0 amide bonds. The molecule has 0 radical (unpaired) electrons. The minimum Gasteiger partial charge on any atom is -0.389 e. The highest BCUT2D eigenvalue weighted by Gasteiger charge is 2.17. The standard InChI is InChI=1S/C14H22N2O/c1-11(17)13-5-3-4-6-14(13)15-12-7-9-16(2)10-8-12/h3-6,11-12,15,17H,7-10H2,1-2H3. The zero-order chi connectivity index (χ0) is 12.3. The maximum atomic E-state index is 9.73. The molecular formula is C14H22N2O. The van der Waals surface area contributed by atoms with Gasteiger partial charge in [0, 0.05) is 17.3 Å². The van der Waals surface area contributed by atoms with E-state index >= 15 is 0 Å². The molecular weight excluding hydrogens is 212 g/mol. The van der Waals surface area contributed by atoms with Crippen LogP contribution in [-0.2, 0) is 0 Å². The fourth-order valence-corrected chi connectivity index (χ4v) is 2.37. The summed E-state index contributed by atoms with van der Waals surface area (Å²) in [6.45, 7) is 4.11. The van der Waals surface area contributed by atoms with Crippen molar-refractivity contribution in [3.63, 3.8) is 0 Å². The molecule has 0 spiro atoms. The number of hydrogen-bond acceptors (Lipinski definition) is 3. The molecule has 1 aromatic rings. The Labute approximate surface area is 103 Å². The molecule has 0 bridgehead atoms. The first-order valence-electron chi connectivity index (χ1n) is 6.39. The van der Waals surface area contributed by atoms with E-state index < -0.39 is 6.10 Å². The molecule has 3 heteroatoms. The van der Waals surface area contributed by atoms with Gasteiger partial charge in [0.2, 0.25) is 0 Å². The van der Waals surface area contributed by atoms with Gasteiger partial charge in [0.1, 0.15) is 0 Å². The maximum Gasteiger partial charge on any atom is 0.0781 e. The van der Waals surface area contributed by atoms with Crippen molar-refractivity contribution in [2.24, 2.45) is 0 Å². The van der Waals surface area contributed by atoms with E-state index in [0.717, 1.165) is 24.3 Å². The largest absolute Gasteiger partial charge is 0.389 e. The average Bonchev–Trinajstić information content (AvgIpc) is 2.32. The van der Waals surface area contributed by atoms with Crippen LogP contribution in [-0.4, -0.2) is 36.2 Å². The van der Waals surface area contributed by atoms with Gasteiger partial charge in [0.05, 0.1) is 6.10 Å². The maximum absolute atomic E-state index is 9.73. The van der Waals surface area contributed by atoms with Gasteiger partial charge in [-0.3, -0.25) is 0 Å². The Morgan fingerprint density at radius 1 is 1.29 bits per heavy atom. The molecule has 0 aromatic heterocycles. The van der Waals surface area contributed by atoms with Crippen LogP contribution in [0.25, 0.3) is 0 Å². The van der Waals surface area contributed by atoms with Crippen LogP contribution in [0.15, 0.2) is 24.3 Å². The molecule has 2 N–H and O–H groups in total. The van der Waals surface area contributed by atoms with Gasteiger partial charge >= 0.3 is 0 Å². The number of piperidine rings is 1. The van der Waals surface area contributed by atoms with Gasteiger partial charge in [-0.2, -0.15) is 0 Å². The van der Waals surface area contributed by atoms with Crippen molar-refractivity contribution in [2.75, 3.05) is 25.5 Å². The van der Waals surface area contributed by atoms with Crippen LogP contribution in [0.5, 0.6) is 0 Å². The number of nitrogens with zero attached hydrogens (tertiary/aromatic N) is 1. The van der Waals surface area contributed by atoms with Crippen molar-refractivity contribution < 1.29 is 5.11 Å². The van der Waals surface area contributed by atoms with Crippen LogP contribution in [0.2, 0.25) is 0 Å². The van der Waals surface area contributed by atoms with Crippen molar-refractivity contribution in [3.8, 4) is 0 Å². The number of nitrogens with one attached hydrogen (secondary N) is 1. The minimum atomic E-state index is -0.412. The Hall–Kier alpha value is -1.06. The molecule has 94 valence electrons. The van der Waals surface area contributed by atoms with Gasteiger partial charge < -0.3 is 15.3 Å². The van der Waals surface area contributed by atoms with Crippen molar-refractivity contribution in [3.05, 3.63) is 29.8 Å². The van der Waals surface area contributed by atoms with Crippen molar-refractivity contribution in [2.45, 2.75) is 31.9 Å². The predicted octanol–water partition coefficient (Wildman–Crippen LogP) is 2.25. The lowest BCUT2D eigenvalue weighted by Gasteiger charge is -2.31. The number of aliphatic hydroxyl groups is 1. The predicted molar refractivity (Wildman–Crippen MR) is 71.2 cm³/mol. The van der Waals surface area contributed by atoms with Gasteiger partial charge in [-0.05, 0) is 46.0 Å². The van der Waals surface area contributed by atoms with E-state index in [1.807, 2.05) is 25.1 Å². The Morgan fingerprint density at radius 2 is 1.94 bits per heavy atom. The average molecular weight is 234 g/mol. The zero-order valence-corrected chi connectivity index (χ0v) is 10.7. The second-order valence-corrected chi connectivity index (χ2v) is 4.99. The van der Waals surface area contributed by atoms with Gasteiger partial charge in [-0.15, -0.1) is 0 Å². The molecule has 0 saturated carbocycles. The molecule has 0 aliphatic carbocycles. The Bertz CT molecular complexity index is 357. The fourth-order valence-electron chi connectivity index (χ4n) is 2.37. The Morgan fingerprint density at radius 3 is 2.59 bits per heavy atom. The van der Waals surface area contributed by atoms with E-state index in [2.05, 4.69) is 23.3 Å². The van der Waals surface area contributed by atoms with Crippen LogP contribution in [0.3, 0.4) is 0 Å². The van der Waals surface area contributed by atoms with Crippen LogP contribution in [0.1, 0.15) is 31.4 Å². The SMILES string of the molecule is CC(O)c1ccccc1NC1CCN(C)CC1. The third-order valence-electron chi connectivity index (χ3n) is 3.49. The number of anilines is 1. The number of benzene rings is 1. The lowest BCUT2D eigenvalue weighted by molar-refractivity contribution is 0.199. The van der Waals surface area contributed by atoms with E-state index in [0.29, 0.717) is 6.04 Å². The van der Waals surface area contributed by atoms with E-state index in [1.54, 1.807) is 0 Å². The summed E-state index contributed by atoms with van der Waals surface area (Å²) >= 11 is 0. The second kappa shape index (κ2) is 5.52. The van der Waals surface area contributed by atoms with Gasteiger partial charge in [0.15, 0.2) is 0 Å². The van der Waals surface area contributed by atoms with Crippen molar-refractivity contribution >= 4 is 5.69 Å². The molecule has 17 heavy (non-hydrogen) atoms. The highest BCUT2D eigenvalue weighted by atomic mass is 16.3. The first-order chi connectivity index (χ1) is 8.16. The number of likely N-dealkylation sites (tertiary alicyclic amines) is 1. The van der Waals surface area contributed by atoms with Crippen molar-refractivity contribution in [1.82, 2.24) is 4.90 Å². The molecule has 1 aliphatic rings. The zero-order valence-electron chi connectivity index (χ0n) is 10.7.